The van der Waals surface area contributed by atoms with Crippen molar-refractivity contribution in [1.82, 2.24) is 4.90 Å². The van der Waals surface area contributed by atoms with Crippen molar-refractivity contribution < 1.29 is 14.3 Å². The lowest BCUT2D eigenvalue weighted by Crippen LogP contribution is -2.66. The number of hydrogen-bond donors (Lipinski definition) is 0. The first-order valence-electron chi connectivity index (χ1n) is 7.61. The second-order valence-corrected chi connectivity index (χ2v) is 6.03. The molecule has 2 aliphatic heterocycles. The number of nitrogens with zero attached hydrogens (tertiary/aromatic N) is 2. The predicted molar refractivity (Wildman–Crippen MR) is 80.3 cm³/mol. The van der Waals surface area contributed by atoms with Crippen LogP contribution in [0.3, 0.4) is 0 Å². The topological polar surface area (TPSA) is 62.6 Å². The van der Waals surface area contributed by atoms with Crippen molar-refractivity contribution in [3.63, 3.8) is 0 Å². The van der Waals surface area contributed by atoms with Gasteiger partial charge in [-0.1, -0.05) is 6.07 Å². The number of carbonyl (C=O) groups is 1. The molecular weight excluding hydrogens is 280 g/mol. The summed E-state index contributed by atoms with van der Waals surface area (Å²) in [6.45, 7) is 2.77. The van der Waals surface area contributed by atoms with E-state index in [9.17, 15) is 4.79 Å². The Hall–Kier alpha value is -1.90. The Morgan fingerprint density at radius 3 is 3.09 bits per heavy atom. The molecule has 2 aliphatic rings. The number of hydrogen-bond acceptors (Lipinski definition) is 4. The molecule has 0 radical (unpaired) electrons. The van der Waals surface area contributed by atoms with E-state index in [1.54, 1.807) is 31.4 Å². The van der Waals surface area contributed by atoms with Gasteiger partial charge in [-0.3, -0.25) is 4.79 Å². The summed E-state index contributed by atoms with van der Waals surface area (Å²) in [7, 11) is 1.71. The van der Waals surface area contributed by atoms with Crippen molar-refractivity contribution in [2.45, 2.75) is 18.4 Å². The molecule has 1 atom stereocenters. The summed E-state index contributed by atoms with van der Waals surface area (Å²) in [5.41, 5.74) is 0.901. The molecule has 1 spiro atoms. The van der Waals surface area contributed by atoms with Crippen molar-refractivity contribution in [2.24, 2.45) is 5.92 Å². The zero-order valence-electron chi connectivity index (χ0n) is 12.7. The van der Waals surface area contributed by atoms with E-state index in [0.29, 0.717) is 30.1 Å². The number of methoxy groups -OCH3 is 1. The number of rotatable bonds is 4. The van der Waals surface area contributed by atoms with Crippen molar-refractivity contribution in [2.75, 3.05) is 33.4 Å². The average molecular weight is 300 g/mol. The number of nitriles is 1. The van der Waals surface area contributed by atoms with E-state index < -0.39 is 0 Å². The Morgan fingerprint density at radius 1 is 1.55 bits per heavy atom. The summed E-state index contributed by atoms with van der Waals surface area (Å²) in [6, 6.07) is 8.92. The van der Waals surface area contributed by atoms with Crippen LogP contribution in [0.1, 0.15) is 28.8 Å². The normalized spacial score (nSPS) is 22.4. The van der Waals surface area contributed by atoms with Gasteiger partial charge in [0.25, 0.3) is 5.91 Å². The molecule has 22 heavy (non-hydrogen) atoms. The van der Waals surface area contributed by atoms with Crippen LogP contribution in [0.25, 0.3) is 0 Å². The molecule has 1 aromatic carbocycles. The first kappa shape index (κ1) is 15.0. The van der Waals surface area contributed by atoms with E-state index in [2.05, 4.69) is 6.07 Å². The standard InChI is InChI=1S/C17H20N2O3/c1-21-7-5-15-6-8-22-17(15)11-19(12-17)16(20)14-4-2-3-13(9-14)10-18/h2-4,9,15H,5-8,11-12H2,1H3/t15-/m0/s1. The Kier molecular flexibility index (Phi) is 4.14. The molecule has 2 heterocycles. The van der Waals surface area contributed by atoms with E-state index in [0.717, 1.165) is 26.1 Å². The maximum atomic E-state index is 12.5. The Labute approximate surface area is 130 Å². The molecule has 1 aromatic rings. The highest BCUT2D eigenvalue weighted by Crippen LogP contribution is 2.42. The maximum Gasteiger partial charge on any atom is 0.254 e. The highest BCUT2D eigenvalue weighted by molar-refractivity contribution is 5.95. The molecular formula is C17H20N2O3. The Bertz CT molecular complexity index is 602. The van der Waals surface area contributed by atoms with Crippen LogP contribution in [-0.2, 0) is 9.47 Å². The van der Waals surface area contributed by atoms with Gasteiger partial charge in [-0.05, 0) is 37.0 Å². The van der Waals surface area contributed by atoms with Gasteiger partial charge < -0.3 is 14.4 Å². The number of ether oxygens (including phenoxy) is 2. The highest BCUT2D eigenvalue weighted by atomic mass is 16.5. The van der Waals surface area contributed by atoms with Crippen LogP contribution in [0.4, 0.5) is 0 Å². The van der Waals surface area contributed by atoms with Crippen LogP contribution in [0.15, 0.2) is 24.3 Å². The van der Waals surface area contributed by atoms with Crippen molar-refractivity contribution in [1.29, 1.82) is 5.26 Å². The molecule has 0 aromatic heterocycles. The molecule has 0 saturated carbocycles. The third-order valence-electron chi connectivity index (χ3n) is 4.71. The van der Waals surface area contributed by atoms with E-state index in [-0.39, 0.29) is 11.5 Å². The lowest BCUT2D eigenvalue weighted by Gasteiger charge is -2.50. The lowest BCUT2D eigenvalue weighted by atomic mass is 9.79. The molecule has 5 nitrogen and oxygen atoms in total. The van der Waals surface area contributed by atoms with Crippen LogP contribution >= 0.6 is 0 Å². The average Bonchev–Trinajstić information content (AvgIpc) is 2.94. The molecule has 0 aliphatic carbocycles. The minimum absolute atomic E-state index is 0.0243. The zero-order chi connectivity index (χ0) is 15.6. The molecule has 0 bridgehead atoms. The highest BCUT2D eigenvalue weighted by Gasteiger charge is 2.54. The van der Waals surface area contributed by atoms with Gasteiger partial charge in [0, 0.05) is 25.9 Å². The molecule has 2 fully saturated rings. The zero-order valence-corrected chi connectivity index (χ0v) is 12.7. The second-order valence-electron chi connectivity index (χ2n) is 6.03. The van der Waals surface area contributed by atoms with Gasteiger partial charge in [0.15, 0.2) is 0 Å². The van der Waals surface area contributed by atoms with Gasteiger partial charge in [-0.25, -0.2) is 0 Å². The van der Waals surface area contributed by atoms with Crippen LogP contribution in [0, 0.1) is 17.2 Å². The largest absolute Gasteiger partial charge is 0.385 e. The molecule has 0 N–H and O–H groups in total. The van der Waals surface area contributed by atoms with Crippen LogP contribution in [-0.4, -0.2) is 49.8 Å². The van der Waals surface area contributed by atoms with Crippen molar-refractivity contribution in [3.8, 4) is 6.07 Å². The van der Waals surface area contributed by atoms with E-state index in [4.69, 9.17) is 14.7 Å². The predicted octanol–water partition coefficient (Wildman–Crippen LogP) is 1.83. The Balaban J connectivity index is 1.65. The van der Waals surface area contributed by atoms with E-state index in [1.807, 2.05) is 4.90 Å². The summed E-state index contributed by atoms with van der Waals surface area (Å²) < 4.78 is 11.1. The summed E-state index contributed by atoms with van der Waals surface area (Å²) in [6.07, 6.45) is 2.01. The lowest BCUT2D eigenvalue weighted by molar-refractivity contribution is -0.120. The van der Waals surface area contributed by atoms with E-state index >= 15 is 0 Å². The molecule has 3 rings (SSSR count). The fourth-order valence-corrected chi connectivity index (χ4v) is 3.45. The smallest absolute Gasteiger partial charge is 0.254 e. The first-order chi connectivity index (χ1) is 10.7. The summed E-state index contributed by atoms with van der Waals surface area (Å²) in [5, 5.41) is 8.93. The maximum absolute atomic E-state index is 12.5. The van der Waals surface area contributed by atoms with Gasteiger partial charge in [-0.15, -0.1) is 0 Å². The molecule has 0 unspecified atom stereocenters. The fourth-order valence-electron chi connectivity index (χ4n) is 3.45. The quantitative estimate of drug-likeness (QED) is 0.851. The molecule has 2 saturated heterocycles. The molecule has 5 heteroatoms. The van der Waals surface area contributed by atoms with Gasteiger partial charge in [0.1, 0.15) is 5.60 Å². The number of carbonyl (C=O) groups excluding carboxylic acids is 1. The summed E-state index contributed by atoms with van der Waals surface area (Å²) >= 11 is 0. The summed E-state index contributed by atoms with van der Waals surface area (Å²) in [5.74, 6) is 0.436. The van der Waals surface area contributed by atoms with Gasteiger partial charge >= 0.3 is 0 Å². The third kappa shape index (κ3) is 2.60. The van der Waals surface area contributed by atoms with Crippen molar-refractivity contribution in [3.05, 3.63) is 35.4 Å². The number of benzene rings is 1. The minimum Gasteiger partial charge on any atom is -0.385 e. The number of likely N-dealkylation sites (tertiary alicyclic amines) is 1. The van der Waals surface area contributed by atoms with E-state index in [1.165, 1.54) is 0 Å². The van der Waals surface area contributed by atoms with Crippen LogP contribution in [0.5, 0.6) is 0 Å². The van der Waals surface area contributed by atoms with Crippen LogP contribution in [0.2, 0.25) is 0 Å². The SMILES string of the molecule is COCC[C@H]1CCOC12CN(C(=O)c1cccc(C#N)c1)C2. The monoisotopic (exact) mass is 300 g/mol. The van der Waals surface area contributed by atoms with Gasteiger partial charge in [-0.2, -0.15) is 5.26 Å². The van der Waals surface area contributed by atoms with Gasteiger partial charge in [0.2, 0.25) is 0 Å². The molecule has 116 valence electrons. The second kappa shape index (κ2) is 6.07. The molecule has 1 amide bonds. The van der Waals surface area contributed by atoms with Gasteiger partial charge in [0.05, 0.1) is 24.7 Å². The minimum atomic E-state index is -0.180. The van der Waals surface area contributed by atoms with Crippen LogP contribution < -0.4 is 0 Å². The first-order valence-corrected chi connectivity index (χ1v) is 7.61. The third-order valence-corrected chi connectivity index (χ3v) is 4.71. The fraction of sp³-hybridized carbons (Fsp3) is 0.529. The van der Waals surface area contributed by atoms with Crippen molar-refractivity contribution >= 4 is 5.91 Å². The summed E-state index contributed by atoms with van der Waals surface area (Å²) in [4.78, 5) is 14.3. The number of amides is 1. The Morgan fingerprint density at radius 2 is 2.36 bits per heavy atom.